The van der Waals surface area contributed by atoms with Gasteiger partial charge in [-0.15, -0.1) is 10.2 Å². The highest BCUT2D eigenvalue weighted by Crippen LogP contribution is 2.36. The van der Waals surface area contributed by atoms with Crippen molar-refractivity contribution >= 4 is 27.6 Å². The molecular weight excluding hydrogens is 508 g/mol. The van der Waals surface area contributed by atoms with E-state index >= 15 is 0 Å². The van der Waals surface area contributed by atoms with Gasteiger partial charge in [0, 0.05) is 30.2 Å². The van der Waals surface area contributed by atoms with Gasteiger partial charge in [0.05, 0.1) is 30.9 Å². The van der Waals surface area contributed by atoms with Crippen molar-refractivity contribution in [1.29, 1.82) is 0 Å². The minimum Gasteiger partial charge on any atom is -0.494 e. The van der Waals surface area contributed by atoms with E-state index in [1.54, 1.807) is 48.9 Å². The van der Waals surface area contributed by atoms with Gasteiger partial charge in [0.2, 0.25) is 16.0 Å². The Kier molecular flexibility index (Phi) is 7.40. The predicted molar refractivity (Wildman–Crippen MR) is 133 cm³/mol. The Bertz CT molecular complexity index is 1400. The second kappa shape index (κ2) is 10.5. The lowest BCUT2D eigenvalue weighted by molar-refractivity contribution is 0.390. The van der Waals surface area contributed by atoms with Crippen molar-refractivity contribution in [2.24, 2.45) is 0 Å². The van der Waals surface area contributed by atoms with Crippen LogP contribution in [0.5, 0.6) is 11.5 Å². The van der Waals surface area contributed by atoms with Crippen LogP contribution in [0.3, 0.4) is 0 Å². The molecule has 0 radical (unpaired) electrons. The number of H-pyrrole nitrogens is 1. The van der Waals surface area contributed by atoms with E-state index in [4.69, 9.17) is 21.1 Å². The van der Waals surface area contributed by atoms with Gasteiger partial charge in [0.1, 0.15) is 28.8 Å². The number of aromatic amines is 1. The Labute approximate surface area is 213 Å². The van der Waals surface area contributed by atoms with Gasteiger partial charge in [-0.2, -0.15) is 5.10 Å². The van der Waals surface area contributed by atoms with Crippen molar-refractivity contribution in [2.75, 3.05) is 18.9 Å². The van der Waals surface area contributed by atoms with E-state index in [1.165, 1.54) is 26.6 Å². The smallest absolute Gasteiger partial charge is 0.243 e. The fourth-order valence-corrected chi connectivity index (χ4v) is 4.92. The van der Waals surface area contributed by atoms with E-state index in [2.05, 4.69) is 35.1 Å². The second-order valence-electron chi connectivity index (χ2n) is 7.95. The molecule has 0 bridgehead atoms. The summed E-state index contributed by atoms with van der Waals surface area (Å²) in [5.41, 5.74) is 1.20. The van der Waals surface area contributed by atoms with Crippen molar-refractivity contribution in [3.05, 3.63) is 65.2 Å². The summed E-state index contributed by atoms with van der Waals surface area (Å²) in [7, 11) is -0.956. The quantitative estimate of drug-likeness (QED) is 0.314. The molecule has 0 saturated heterocycles. The van der Waals surface area contributed by atoms with Crippen molar-refractivity contribution in [3.8, 4) is 17.2 Å². The third-order valence-electron chi connectivity index (χ3n) is 5.74. The molecule has 0 aliphatic carbocycles. The number of aromatic nitrogens is 7. The largest absolute Gasteiger partial charge is 0.494 e. The molecule has 0 aliphatic rings. The average molecular weight is 533 g/mol. The molecular formula is C22H25ClN8O4S. The Hall–Kier alpha value is -3.71. The number of para-hydroxylation sites is 1. The van der Waals surface area contributed by atoms with Crippen LogP contribution in [-0.2, 0) is 16.4 Å². The van der Waals surface area contributed by atoms with Gasteiger partial charge in [-0.3, -0.25) is 14.4 Å². The van der Waals surface area contributed by atoms with E-state index in [1.807, 2.05) is 0 Å². The molecule has 4 rings (SSSR count). The minimum absolute atomic E-state index is 0.0246. The van der Waals surface area contributed by atoms with Crippen LogP contribution < -0.4 is 14.2 Å². The number of halogens is 1. The summed E-state index contributed by atoms with van der Waals surface area (Å²) >= 11 is 5.87. The summed E-state index contributed by atoms with van der Waals surface area (Å²) in [6, 6.07) is 7.02. The molecule has 3 heterocycles. The Morgan fingerprint density at radius 3 is 2.33 bits per heavy atom. The molecule has 1 aromatic carbocycles. The molecule has 0 saturated carbocycles. The number of hydrogen-bond acceptors (Lipinski definition) is 9. The minimum atomic E-state index is -3.98. The highest BCUT2D eigenvalue weighted by atomic mass is 35.5. The molecule has 0 spiro atoms. The number of benzene rings is 1. The number of anilines is 1. The fourth-order valence-electron chi connectivity index (χ4n) is 3.59. The lowest BCUT2D eigenvalue weighted by atomic mass is 10.1. The van der Waals surface area contributed by atoms with E-state index in [0.29, 0.717) is 40.3 Å². The fraction of sp³-hybridized carbons (Fsp3) is 0.318. The molecule has 12 nitrogen and oxygen atoms in total. The summed E-state index contributed by atoms with van der Waals surface area (Å²) < 4.78 is 42.2. The maximum Gasteiger partial charge on any atom is 0.243 e. The summed E-state index contributed by atoms with van der Waals surface area (Å²) in [4.78, 5) is 8.33. The Morgan fingerprint density at radius 2 is 1.75 bits per heavy atom. The van der Waals surface area contributed by atoms with Gasteiger partial charge in [0.15, 0.2) is 0 Å². The third-order valence-corrected chi connectivity index (χ3v) is 7.79. The molecule has 2 atom stereocenters. The van der Waals surface area contributed by atoms with Crippen molar-refractivity contribution in [2.45, 2.75) is 31.4 Å². The van der Waals surface area contributed by atoms with E-state index in [9.17, 15) is 8.42 Å². The van der Waals surface area contributed by atoms with Gasteiger partial charge in [-0.25, -0.2) is 18.4 Å². The number of nitrogens with zero attached hydrogens (tertiary/aromatic N) is 6. The van der Waals surface area contributed by atoms with Crippen molar-refractivity contribution in [1.82, 2.24) is 34.9 Å². The molecule has 2 unspecified atom stereocenters. The summed E-state index contributed by atoms with van der Waals surface area (Å²) in [5, 5.41) is 14.7. The molecule has 14 heteroatoms. The van der Waals surface area contributed by atoms with Crippen molar-refractivity contribution in [3.63, 3.8) is 0 Å². The zero-order chi connectivity index (χ0) is 25.9. The number of sulfonamides is 1. The summed E-state index contributed by atoms with van der Waals surface area (Å²) in [5.74, 6) is 1.10. The summed E-state index contributed by atoms with van der Waals surface area (Å²) in [6.45, 7) is 3.30. The number of nitrogens with one attached hydrogen (secondary N) is 2. The Balaban J connectivity index is 1.76. The first-order valence-electron chi connectivity index (χ1n) is 10.9. The van der Waals surface area contributed by atoms with Gasteiger partial charge in [-0.1, -0.05) is 24.6 Å². The van der Waals surface area contributed by atoms with Gasteiger partial charge < -0.3 is 9.47 Å². The first kappa shape index (κ1) is 25.4. The van der Waals surface area contributed by atoms with E-state index in [-0.39, 0.29) is 5.95 Å². The van der Waals surface area contributed by atoms with Crippen LogP contribution in [0, 0.1) is 0 Å². The van der Waals surface area contributed by atoms with Crippen LogP contribution in [0.4, 0.5) is 5.95 Å². The Morgan fingerprint density at radius 1 is 1.08 bits per heavy atom. The van der Waals surface area contributed by atoms with Crippen LogP contribution in [0.1, 0.15) is 37.1 Å². The van der Waals surface area contributed by atoms with Gasteiger partial charge in [0.25, 0.3) is 0 Å². The molecule has 3 aromatic heterocycles. The lowest BCUT2D eigenvalue weighted by Crippen LogP contribution is -2.31. The van der Waals surface area contributed by atoms with Crippen LogP contribution in [0.2, 0.25) is 5.02 Å². The standard InChI is InChI=1S/C22H25ClN8O4S/c1-13(21-24-11-15(23)12-25-21)14(2)36(32,33)30-22-29-28-19(10-16-8-9-26-27-16)31(22)20-17(34-3)6-5-7-18(20)35-4/h5-9,11-14H,10H2,1-4H3,(H,26,27)(H,29,30). The third kappa shape index (κ3) is 5.11. The maximum atomic E-state index is 13.4. The lowest BCUT2D eigenvalue weighted by Gasteiger charge is -2.21. The molecule has 190 valence electrons. The average Bonchev–Trinajstić information content (AvgIpc) is 3.53. The molecule has 0 amide bonds. The van der Waals surface area contributed by atoms with Crippen LogP contribution in [0.25, 0.3) is 5.69 Å². The normalized spacial score (nSPS) is 13.2. The summed E-state index contributed by atoms with van der Waals surface area (Å²) in [6.07, 6.45) is 4.77. The number of rotatable bonds is 10. The number of ether oxygens (including phenoxy) is 2. The van der Waals surface area contributed by atoms with Crippen molar-refractivity contribution < 1.29 is 17.9 Å². The molecule has 36 heavy (non-hydrogen) atoms. The second-order valence-corrected chi connectivity index (χ2v) is 10.4. The highest BCUT2D eigenvalue weighted by Gasteiger charge is 2.32. The predicted octanol–water partition coefficient (Wildman–Crippen LogP) is 2.98. The molecule has 2 N–H and O–H groups in total. The number of hydrogen-bond donors (Lipinski definition) is 2. The van der Waals surface area contributed by atoms with E-state index < -0.39 is 21.2 Å². The SMILES string of the molecule is COc1cccc(OC)c1-n1c(Cc2ccn[nH]2)nnc1NS(=O)(=O)C(C)C(C)c1ncc(Cl)cn1. The van der Waals surface area contributed by atoms with E-state index in [0.717, 1.165) is 5.69 Å². The van der Waals surface area contributed by atoms with Crippen LogP contribution >= 0.6 is 11.6 Å². The zero-order valence-corrected chi connectivity index (χ0v) is 21.6. The highest BCUT2D eigenvalue weighted by molar-refractivity contribution is 7.93. The van der Waals surface area contributed by atoms with Crippen LogP contribution in [-0.4, -0.2) is 62.8 Å². The topological polar surface area (TPSA) is 150 Å². The first-order chi connectivity index (χ1) is 17.2. The van der Waals surface area contributed by atoms with Gasteiger partial charge in [-0.05, 0) is 25.1 Å². The number of methoxy groups -OCH3 is 2. The first-order valence-corrected chi connectivity index (χ1v) is 12.8. The molecule has 4 aromatic rings. The molecule has 0 aliphatic heterocycles. The zero-order valence-electron chi connectivity index (χ0n) is 20.0. The van der Waals surface area contributed by atoms with Crippen LogP contribution in [0.15, 0.2) is 42.9 Å². The maximum absolute atomic E-state index is 13.4. The van der Waals surface area contributed by atoms with Gasteiger partial charge >= 0.3 is 0 Å². The molecule has 0 fully saturated rings. The monoisotopic (exact) mass is 532 g/mol.